The van der Waals surface area contributed by atoms with E-state index in [1.54, 1.807) is 6.07 Å². The Morgan fingerprint density at radius 2 is 2.16 bits per heavy atom. The van der Waals surface area contributed by atoms with Gasteiger partial charge in [-0.25, -0.2) is 4.39 Å². The first-order valence-corrected chi connectivity index (χ1v) is 7.41. The van der Waals surface area contributed by atoms with E-state index < -0.39 is 0 Å². The van der Waals surface area contributed by atoms with Gasteiger partial charge < -0.3 is 10.2 Å². The van der Waals surface area contributed by atoms with Crippen LogP contribution in [0.4, 0.5) is 10.1 Å². The van der Waals surface area contributed by atoms with Gasteiger partial charge in [0.05, 0.1) is 5.69 Å². The first kappa shape index (κ1) is 14.3. The van der Waals surface area contributed by atoms with Crippen LogP contribution in [-0.2, 0) is 0 Å². The highest BCUT2D eigenvalue weighted by Gasteiger charge is 2.32. The molecule has 3 heteroatoms. The first-order chi connectivity index (χ1) is 9.19. The zero-order valence-corrected chi connectivity index (χ0v) is 12.2. The maximum atomic E-state index is 14.3. The van der Waals surface area contributed by atoms with Gasteiger partial charge >= 0.3 is 0 Å². The molecule has 0 bridgehead atoms. The molecule has 19 heavy (non-hydrogen) atoms. The minimum atomic E-state index is -0.0809. The Labute approximate surface area is 116 Å². The van der Waals surface area contributed by atoms with Gasteiger partial charge in [0.15, 0.2) is 0 Å². The van der Waals surface area contributed by atoms with Gasteiger partial charge in [-0.05, 0) is 44.9 Å². The van der Waals surface area contributed by atoms with E-state index >= 15 is 0 Å². The molecular formula is C16H25FN2. The van der Waals surface area contributed by atoms with Crippen molar-refractivity contribution in [1.82, 2.24) is 5.32 Å². The number of anilines is 1. The summed E-state index contributed by atoms with van der Waals surface area (Å²) in [4.78, 5) is 2.29. The molecule has 1 aliphatic carbocycles. The predicted octanol–water partition coefficient (Wildman–Crippen LogP) is 3.88. The van der Waals surface area contributed by atoms with Crippen molar-refractivity contribution in [3.63, 3.8) is 0 Å². The topological polar surface area (TPSA) is 15.3 Å². The molecule has 0 saturated heterocycles. The molecule has 1 N–H and O–H groups in total. The van der Waals surface area contributed by atoms with Crippen LogP contribution in [0.2, 0.25) is 0 Å². The zero-order valence-electron chi connectivity index (χ0n) is 12.2. The summed E-state index contributed by atoms with van der Waals surface area (Å²) in [5.41, 5.74) is 1.89. The monoisotopic (exact) mass is 264 g/mol. The average molecular weight is 264 g/mol. The molecule has 0 amide bonds. The largest absolute Gasteiger partial charge is 0.366 e. The van der Waals surface area contributed by atoms with Crippen LogP contribution in [0.5, 0.6) is 0 Å². The Balaban J connectivity index is 2.33. The molecule has 2 rings (SSSR count). The number of benzene rings is 1. The highest BCUT2D eigenvalue weighted by atomic mass is 19.1. The molecule has 1 atom stereocenters. The SMILES string of the molecule is CCCCN(c1c(F)cccc1C(C)NC)C1CC1. The summed E-state index contributed by atoms with van der Waals surface area (Å²) >= 11 is 0. The molecule has 1 aliphatic rings. The van der Waals surface area contributed by atoms with E-state index in [0.717, 1.165) is 30.6 Å². The van der Waals surface area contributed by atoms with Gasteiger partial charge in [-0.1, -0.05) is 25.5 Å². The minimum Gasteiger partial charge on any atom is -0.366 e. The average Bonchev–Trinajstić information content (AvgIpc) is 3.24. The molecule has 1 fully saturated rings. The summed E-state index contributed by atoms with van der Waals surface area (Å²) in [6, 6.07) is 6.16. The van der Waals surface area contributed by atoms with Crippen molar-refractivity contribution >= 4 is 5.69 Å². The van der Waals surface area contributed by atoms with E-state index in [2.05, 4.69) is 24.1 Å². The van der Waals surface area contributed by atoms with E-state index in [1.165, 1.54) is 12.8 Å². The highest BCUT2D eigenvalue weighted by Crippen LogP contribution is 2.37. The summed E-state index contributed by atoms with van der Waals surface area (Å²) in [6.07, 6.45) is 4.67. The van der Waals surface area contributed by atoms with Crippen LogP contribution in [0.15, 0.2) is 18.2 Å². The number of halogens is 1. The Morgan fingerprint density at radius 1 is 1.42 bits per heavy atom. The lowest BCUT2D eigenvalue weighted by Crippen LogP contribution is -2.30. The fraction of sp³-hybridized carbons (Fsp3) is 0.625. The van der Waals surface area contributed by atoms with Crippen LogP contribution in [0, 0.1) is 5.82 Å². The normalized spacial score (nSPS) is 16.4. The molecule has 0 radical (unpaired) electrons. The molecule has 0 aliphatic heterocycles. The standard InChI is InChI=1S/C16H25FN2/c1-4-5-11-19(13-9-10-13)16-14(12(2)18-3)7-6-8-15(16)17/h6-8,12-13,18H,4-5,9-11H2,1-3H3. The van der Waals surface area contributed by atoms with E-state index in [4.69, 9.17) is 0 Å². The summed E-state index contributed by atoms with van der Waals surface area (Å²) in [7, 11) is 1.92. The number of hydrogen-bond acceptors (Lipinski definition) is 2. The van der Waals surface area contributed by atoms with Crippen molar-refractivity contribution in [2.45, 2.75) is 51.6 Å². The lowest BCUT2D eigenvalue weighted by Gasteiger charge is -2.29. The second-order valence-corrected chi connectivity index (χ2v) is 5.47. The molecule has 0 heterocycles. The van der Waals surface area contributed by atoms with Crippen molar-refractivity contribution in [2.24, 2.45) is 0 Å². The number of nitrogens with one attached hydrogen (secondary N) is 1. The van der Waals surface area contributed by atoms with Crippen molar-refractivity contribution < 1.29 is 4.39 Å². The van der Waals surface area contributed by atoms with Gasteiger partial charge in [0.25, 0.3) is 0 Å². The third-order valence-corrected chi connectivity index (χ3v) is 3.94. The Morgan fingerprint density at radius 3 is 2.74 bits per heavy atom. The highest BCUT2D eigenvalue weighted by molar-refractivity contribution is 5.57. The third kappa shape index (κ3) is 3.27. The van der Waals surface area contributed by atoms with Crippen LogP contribution < -0.4 is 10.2 Å². The fourth-order valence-electron chi connectivity index (χ4n) is 2.53. The van der Waals surface area contributed by atoms with E-state index in [-0.39, 0.29) is 11.9 Å². The second kappa shape index (κ2) is 6.38. The smallest absolute Gasteiger partial charge is 0.146 e. The summed E-state index contributed by atoms with van der Waals surface area (Å²) in [5, 5.41) is 3.23. The summed E-state index contributed by atoms with van der Waals surface area (Å²) in [6.45, 7) is 5.23. The van der Waals surface area contributed by atoms with Crippen LogP contribution in [0.25, 0.3) is 0 Å². The second-order valence-electron chi connectivity index (χ2n) is 5.47. The molecule has 1 aromatic rings. The molecule has 0 spiro atoms. The summed E-state index contributed by atoms with van der Waals surface area (Å²) < 4.78 is 14.3. The molecule has 1 saturated carbocycles. The van der Waals surface area contributed by atoms with Crippen LogP contribution in [-0.4, -0.2) is 19.6 Å². The lowest BCUT2D eigenvalue weighted by molar-refractivity contribution is 0.590. The Kier molecular flexibility index (Phi) is 4.81. The quantitative estimate of drug-likeness (QED) is 0.804. The number of unbranched alkanes of at least 4 members (excludes halogenated alkanes) is 1. The number of para-hydroxylation sites is 1. The van der Waals surface area contributed by atoms with E-state index in [0.29, 0.717) is 6.04 Å². The van der Waals surface area contributed by atoms with Gasteiger partial charge in [0, 0.05) is 18.6 Å². The van der Waals surface area contributed by atoms with Gasteiger partial charge in [-0.15, -0.1) is 0 Å². The molecular weight excluding hydrogens is 239 g/mol. The molecule has 106 valence electrons. The third-order valence-electron chi connectivity index (χ3n) is 3.94. The lowest BCUT2D eigenvalue weighted by atomic mass is 10.0. The van der Waals surface area contributed by atoms with Gasteiger partial charge in [0.1, 0.15) is 5.82 Å². The fourth-order valence-corrected chi connectivity index (χ4v) is 2.53. The van der Waals surface area contributed by atoms with Crippen LogP contribution in [0.1, 0.15) is 51.1 Å². The maximum Gasteiger partial charge on any atom is 0.146 e. The van der Waals surface area contributed by atoms with Gasteiger partial charge in [-0.3, -0.25) is 0 Å². The van der Waals surface area contributed by atoms with E-state index in [1.807, 2.05) is 19.2 Å². The minimum absolute atomic E-state index is 0.0809. The molecule has 2 nitrogen and oxygen atoms in total. The predicted molar refractivity (Wildman–Crippen MR) is 79.2 cm³/mol. The molecule has 1 unspecified atom stereocenters. The van der Waals surface area contributed by atoms with Gasteiger partial charge in [0.2, 0.25) is 0 Å². The Hall–Kier alpha value is -1.09. The summed E-state index contributed by atoms with van der Waals surface area (Å²) in [5.74, 6) is -0.0809. The Bertz CT molecular complexity index is 415. The van der Waals surface area contributed by atoms with Crippen LogP contribution in [0.3, 0.4) is 0 Å². The molecule has 0 aromatic heterocycles. The van der Waals surface area contributed by atoms with E-state index in [9.17, 15) is 4.39 Å². The number of rotatable bonds is 7. The van der Waals surface area contributed by atoms with Crippen LogP contribution >= 0.6 is 0 Å². The zero-order chi connectivity index (χ0) is 13.8. The van der Waals surface area contributed by atoms with Crippen molar-refractivity contribution in [3.05, 3.63) is 29.6 Å². The van der Waals surface area contributed by atoms with Gasteiger partial charge in [-0.2, -0.15) is 0 Å². The number of nitrogens with zero attached hydrogens (tertiary/aromatic N) is 1. The van der Waals surface area contributed by atoms with Crippen molar-refractivity contribution in [2.75, 3.05) is 18.5 Å². The van der Waals surface area contributed by atoms with Crippen molar-refractivity contribution in [1.29, 1.82) is 0 Å². The van der Waals surface area contributed by atoms with Crippen molar-refractivity contribution in [3.8, 4) is 0 Å². The first-order valence-electron chi connectivity index (χ1n) is 7.41. The maximum absolute atomic E-state index is 14.3. The molecule has 1 aromatic carbocycles. The number of hydrogen-bond donors (Lipinski definition) is 1.